The summed E-state index contributed by atoms with van der Waals surface area (Å²) < 4.78 is 13.0. The van der Waals surface area contributed by atoms with Crippen LogP contribution in [0.1, 0.15) is 11.5 Å². The van der Waals surface area contributed by atoms with Crippen molar-refractivity contribution in [2.75, 3.05) is 27.2 Å². The summed E-state index contributed by atoms with van der Waals surface area (Å²) >= 11 is 5.72. The zero-order valence-corrected chi connectivity index (χ0v) is 9.76. The Bertz CT molecular complexity index is 328. The SMILES string of the molecule is CN(C)CC(CN)c1ccc(F)c(Cl)c1. The van der Waals surface area contributed by atoms with Crippen molar-refractivity contribution in [3.8, 4) is 0 Å². The van der Waals surface area contributed by atoms with Crippen molar-refractivity contribution in [1.29, 1.82) is 0 Å². The van der Waals surface area contributed by atoms with Crippen molar-refractivity contribution >= 4 is 11.6 Å². The maximum atomic E-state index is 13.0. The van der Waals surface area contributed by atoms with E-state index in [1.54, 1.807) is 12.1 Å². The van der Waals surface area contributed by atoms with Gasteiger partial charge in [-0.15, -0.1) is 0 Å². The normalized spacial score (nSPS) is 13.2. The minimum Gasteiger partial charge on any atom is -0.330 e. The van der Waals surface area contributed by atoms with Crippen molar-refractivity contribution in [2.24, 2.45) is 5.73 Å². The standard InChI is InChI=1S/C11H16ClFN2/c1-15(2)7-9(6-14)8-3-4-11(13)10(12)5-8/h3-5,9H,6-7,14H2,1-2H3. The lowest BCUT2D eigenvalue weighted by Crippen LogP contribution is -2.25. The van der Waals surface area contributed by atoms with Gasteiger partial charge < -0.3 is 10.6 Å². The summed E-state index contributed by atoms with van der Waals surface area (Å²) in [6.45, 7) is 1.36. The van der Waals surface area contributed by atoms with Crippen LogP contribution in [0.15, 0.2) is 18.2 Å². The number of rotatable bonds is 4. The summed E-state index contributed by atoms with van der Waals surface area (Å²) in [5, 5.41) is 0.157. The molecule has 0 saturated carbocycles. The first-order valence-electron chi connectivity index (χ1n) is 4.84. The molecule has 0 spiro atoms. The number of halogens is 2. The van der Waals surface area contributed by atoms with Gasteiger partial charge in [0, 0.05) is 19.0 Å². The Hall–Kier alpha value is -0.640. The quantitative estimate of drug-likeness (QED) is 0.858. The van der Waals surface area contributed by atoms with Crippen LogP contribution in [-0.2, 0) is 0 Å². The van der Waals surface area contributed by atoms with Crippen LogP contribution in [0.2, 0.25) is 5.02 Å². The van der Waals surface area contributed by atoms with E-state index in [0.717, 1.165) is 12.1 Å². The lowest BCUT2D eigenvalue weighted by Gasteiger charge is -2.20. The molecule has 15 heavy (non-hydrogen) atoms. The average molecular weight is 231 g/mol. The molecule has 0 fully saturated rings. The van der Waals surface area contributed by atoms with Crippen molar-refractivity contribution in [1.82, 2.24) is 4.90 Å². The number of likely N-dealkylation sites (N-methyl/N-ethyl adjacent to an activating group) is 1. The van der Waals surface area contributed by atoms with Crippen molar-refractivity contribution in [3.05, 3.63) is 34.6 Å². The predicted octanol–water partition coefficient (Wildman–Crippen LogP) is 2.08. The Kier molecular flexibility index (Phi) is 4.51. The molecule has 4 heteroatoms. The molecule has 1 aromatic carbocycles. The molecule has 0 aliphatic heterocycles. The topological polar surface area (TPSA) is 29.3 Å². The van der Waals surface area contributed by atoms with E-state index < -0.39 is 0 Å². The number of benzene rings is 1. The lowest BCUT2D eigenvalue weighted by atomic mass is 9.99. The van der Waals surface area contributed by atoms with Crippen LogP contribution in [0, 0.1) is 5.82 Å². The van der Waals surface area contributed by atoms with Gasteiger partial charge in [0.1, 0.15) is 5.82 Å². The first-order valence-corrected chi connectivity index (χ1v) is 5.22. The third-order valence-corrected chi connectivity index (χ3v) is 2.57. The van der Waals surface area contributed by atoms with Crippen LogP contribution in [0.3, 0.4) is 0 Å². The van der Waals surface area contributed by atoms with Gasteiger partial charge in [0.25, 0.3) is 0 Å². The molecule has 0 aliphatic rings. The molecule has 0 heterocycles. The third kappa shape index (κ3) is 3.45. The molecule has 0 aromatic heterocycles. The average Bonchev–Trinajstić information content (AvgIpc) is 2.18. The van der Waals surface area contributed by atoms with E-state index in [-0.39, 0.29) is 16.8 Å². The third-order valence-electron chi connectivity index (χ3n) is 2.29. The molecule has 1 aromatic rings. The zero-order chi connectivity index (χ0) is 11.4. The van der Waals surface area contributed by atoms with Gasteiger partial charge in [-0.05, 0) is 31.8 Å². The van der Waals surface area contributed by atoms with Crippen LogP contribution < -0.4 is 5.73 Å². The highest BCUT2D eigenvalue weighted by atomic mass is 35.5. The number of nitrogens with two attached hydrogens (primary N) is 1. The van der Waals surface area contributed by atoms with Gasteiger partial charge in [-0.1, -0.05) is 17.7 Å². The van der Waals surface area contributed by atoms with Gasteiger partial charge in [-0.25, -0.2) is 4.39 Å². The second-order valence-electron chi connectivity index (χ2n) is 3.87. The summed E-state index contributed by atoms with van der Waals surface area (Å²) in [5.74, 6) is -0.195. The molecular formula is C11H16ClFN2. The van der Waals surface area contributed by atoms with Gasteiger partial charge in [-0.3, -0.25) is 0 Å². The Morgan fingerprint density at radius 3 is 2.60 bits per heavy atom. The fraction of sp³-hybridized carbons (Fsp3) is 0.455. The van der Waals surface area contributed by atoms with E-state index in [1.807, 2.05) is 14.1 Å². The minimum absolute atomic E-state index is 0.157. The molecule has 1 unspecified atom stereocenters. The largest absolute Gasteiger partial charge is 0.330 e. The first-order chi connectivity index (χ1) is 7.04. The van der Waals surface area contributed by atoms with Crippen molar-refractivity contribution in [2.45, 2.75) is 5.92 Å². The maximum Gasteiger partial charge on any atom is 0.141 e. The first kappa shape index (κ1) is 12.4. The summed E-state index contributed by atoms with van der Waals surface area (Å²) in [7, 11) is 3.96. The fourth-order valence-electron chi connectivity index (χ4n) is 1.52. The van der Waals surface area contributed by atoms with E-state index in [2.05, 4.69) is 4.90 Å². The highest BCUT2D eigenvalue weighted by Crippen LogP contribution is 2.22. The molecule has 0 radical (unpaired) electrons. The molecule has 2 N–H and O–H groups in total. The van der Waals surface area contributed by atoms with Gasteiger partial charge in [-0.2, -0.15) is 0 Å². The maximum absolute atomic E-state index is 13.0. The van der Waals surface area contributed by atoms with Crippen molar-refractivity contribution < 1.29 is 4.39 Å². The van der Waals surface area contributed by atoms with E-state index >= 15 is 0 Å². The Morgan fingerprint density at radius 2 is 2.13 bits per heavy atom. The van der Waals surface area contributed by atoms with Crippen LogP contribution in [0.25, 0.3) is 0 Å². The molecule has 0 bridgehead atoms. The van der Waals surface area contributed by atoms with E-state index in [9.17, 15) is 4.39 Å². The van der Waals surface area contributed by atoms with Crippen LogP contribution in [0.4, 0.5) is 4.39 Å². The predicted molar refractivity (Wildman–Crippen MR) is 61.8 cm³/mol. The molecule has 1 atom stereocenters. The second kappa shape index (κ2) is 5.45. The minimum atomic E-state index is -0.388. The van der Waals surface area contributed by atoms with E-state index in [4.69, 9.17) is 17.3 Å². The van der Waals surface area contributed by atoms with E-state index in [1.165, 1.54) is 6.07 Å². The zero-order valence-electron chi connectivity index (χ0n) is 9.00. The molecule has 2 nitrogen and oxygen atoms in total. The summed E-state index contributed by atoms with van der Waals surface area (Å²) in [5.41, 5.74) is 6.66. The van der Waals surface area contributed by atoms with Gasteiger partial charge in [0.2, 0.25) is 0 Å². The Balaban J connectivity index is 2.87. The van der Waals surface area contributed by atoms with E-state index in [0.29, 0.717) is 6.54 Å². The van der Waals surface area contributed by atoms with Crippen molar-refractivity contribution in [3.63, 3.8) is 0 Å². The highest BCUT2D eigenvalue weighted by Gasteiger charge is 2.12. The monoisotopic (exact) mass is 230 g/mol. The number of nitrogens with zero attached hydrogens (tertiary/aromatic N) is 1. The fourth-order valence-corrected chi connectivity index (χ4v) is 1.71. The molecule has 0 saturated heterocycles. The summed E-state index contributed by atoms with van der Waals surface area (Å²) in [6.07, 6.45) is 0. The molecule has 84 valence electrons. The highest BCUT2D eigenvalue weighted by molar-refractivity contribution is 6.30. The molecule has 0 aliphatic carbocycles. The molecule has 0 amide bonds. The molecule has 1 rings (SSSR count). The second-order valence-corrected chi connectivity index (χ2v) is 4.28. The van der Waals surface area contributed by atoms with Crippen LogP contribution >= 0.6 is 11.6 Å². The smallest absolute Gasteiger partial charge is 0.141 e. The summed E-state index contributed by atoms with van der Waals surface area (Å²) in [4.78, 5) is 2.05. The summed E-state index contributed by atoms with van der Waals surface area (Å²) in [6, 6.07) is 4.77. The lowest BCUT2D eigenvalue weighted by molar-refractivity contribution is 0.375. The molecular weight excluding hydrogens is 215 g/mol. The van der Waals surface area contributed by atoms with Gasteiger partial charge >= 0.3 is 0 Å². The number of hydrogen-bond acceptors (Lipinski definition) is 2. The van der Waals surface area contributed by atoms with Crippen LogP contribution in [-0.4, -0.2) is 32.1 Å². The Labute approximate surface area is 94.8 Å². The number of hydrogen-bond donors (Lipinski definition) is 1. The Morgan fingerprint density at radius 1 is 1.47 bits per heavy atom. The van der Waals surface area contributed by atoms with Gasteiger partial charge in [0.05, 0.1) is 5.02 Å². The van der Waals surface area contributed by atoms with Gasteiger partial charge in [0.15, 0.2) is 0 Å². The van der Waals surface area contributed by atoms with Crippen LogP contribution in [0.5, 0.6) is 0 Å².